The zero-order valence-electron chi connectivity index (χ0n) is 27.8. The van der Waals surface area contributed by atoms with Crippen LogP contribution in [0.3, 0.4) is 0 Å². The smallest absolute Gasteiger partial charge is 0.410 e. The number of carbonyl (C=O) groups excluding carboxylic acids is 2. The number of hydrogen-bond acceptors (Lipinski definition) is 8. The van der Waals surface area contributed by atoms with Crippen LogP contribution in [-0.2, 0) is 22.5 Å². The van der Waals surface area contributed by atoms with Crippen LogP contribution in [-0.4, -0.2) is 67.8 Å². The van der Waals surface area contributed by atoms with Gasteiger partial charge in [0.05, 0.1) is 22.7 Å². The maximum Gasteiger partial charge on any atom is 0.410 e. The van der Waals surface area contributed by atoms with Crippen molar-refractivity contribution in [2.24, 2.45) is 0 Å². The Kier molecular flexibility index (Phi) is 8.37. The minimum Gasteiger partial charge on any atom is -0.464 e. The molecule has 274 valence electrons. The van der Waals surface area contributed by atoms with Gasteiger partial charge in [0.1, 0.15) is 28.3 Å². The van der Waals surface area contributed by atoms with Gasteiger partial charge in [0.25, 0.3) is 5.56 Å². The third-order valence-corrected chi connectivity index (χ3v) is 9.54. The Morgan fingerprint density at radius 3 is 2.35 bits per heavy atom. The summed E-state index contributed by atoms with van der Waals surface area (Å²) < 4.78 is 80.2. The summed E-state index contributed by atoms with van der Waals surface area (Å²) in [6, 6.07) is 7.79. The summed E-state index contributed by atoms with van der Waals surface area (Å²) in [5, 5.41) is 6.88. The molecule has 5 aromatic rings. The molecule has 0 bridgehead atoms. The Balaban J connectivity index is 1.39. The number of anilines is 2. The molecule has 2 amide bonds. The number of nitrogens with zero attached hydrogens (tertiary/aromatic N) is 6. The molecule has 12 nitrogen and oxygen atoms in total. The molecule has 3 aromatic heterocycles. The van der Waals surface area contributed by atoms with Gasteiger partial charge in [-0.1, -0.05) is 38.0 Å². The van der Waals surface area contributed by atoms with Gasteiger partial charge in [-0.15, -0.1) is 5.10 Å². The molecule has 1 N–H and O–H groups in total. The molecule has 0 aliphatic carbocycles. The number of rotatable bonds is 7. The SMILES string of the molecule is CCc1c(N2CCN(C(=O)OC(C)(C)C)CC2)c(=O)n2nc(-c3ccc4occc4c3)nc2n1CC(=O)Nc1ccc(S(F)(F)(F)(F)F)cc1Cl. The first-order valence-electron chi connectivity index (χ1n) is 15.7. The van der Waals surface area contributed by atoms with Crippen molar-refractivity contribution in [1.29, 1.82) is 0 Å². The Bertz CT molecular complexity index is 2260. The highest BCUT2D eigenvalue weighted by Gasteiger charge is 2.65. The van der Waals surface area contributed by atoms with Crippen molar-refractivity contribution in [3.63, 3.8) is 0 Å². The van der Waals surface area contributed by atoms with Crippen molar-refractivity contribution in [2.75, 3.05) is 36.4 Å². The van der Waals surface area contributed by atoms with E-state index in [-0.39, 0.29) is 67.7 Å². The molecule has 0 radical (unpaired) electrons. The third kappa shape index (κ3) is 7.46. The van der Waals surface area contributed by atoms with E-state index in [4.69, 9.17) is 20.8 Å². The summed E-state index contributed by atoms with van der Waals surface area (Å²) in [5.74, 6) is -0.650. The van der Waals surface area contributed by atoms with Gasteiger partial charge in [-0.3, -0.25) is 9.59 Å². The highest BCUT2D eigenvalue weighted by atomic mass is 35.5. The topological polar surface area (TPSA) is 127 Å². The number of aromatic nitrogens is 4. The molecule has 1 aliphatic heterocycles. The van der Waals surface area contributed by atoms with Gasteiger partial charge in [0.15, 0.2) is 5.82 Å². The zero-order valence-corrected chi connectivity index (χ0v) is 29.3. The van der Waals surface area contributed by atoms with E-state index in [0.717, 1.165) is 9.90 Å². The van der Waals surface area contributed by atoms with Crippen LogP contribution in [0.2, 0.25) is 5.02 Å². The predicted octanol–water partition coefficient (Wildman–Crippen LogP) is 7.87. The average molecular weight is 758 g/mol. The van der Waals surface area contributed by atoms with Crippen molar-refractivity contribution in [1.82, 2.24) is 24.1 Å². The molecular weight excluding hydrogens is 725 g/mol. The summed E-state index contributed by atoms with van der Waals surface area (Å²) in [5.41, 5.74) is 0.198. The van der Waals surface area contributed by atoms with Crippen LogP contribution in [0.4, 0.5) is 35.6 Å². The second-order valence-electron chi connectivity index (χ2n) is 13.0. The van der Waals surface area contributed by atoms with E-state index < -0.39 is 49.8 Å². The molecule has 0 atom stereocenters. The third-order valence-electron chi connectivity index (χ3n) is 8.08. The first-order chi connectivity index (χ1) is 23.6. The number of piperazine rings is 1. The van der Waals surface area contributed by atoms with E-state index in [9.17, 15) is 33.8 Å². The molecule has 1 fully saturated rings. The largest absolute Gasteiger partial charge is 0.464 e. The number of fused-ring (bicyclic) bond motifs is 2. The Morgan fingerprint density at radius 2 is 1.73 bits per heavy atom. The first kappa shape index (κ1) is 36.0. The number of hydrogen-bond donors (Lipinski definition) is 1. The Hall–Kier alpha value is -4.84. The number of amides is 2. The number of carbonyl (C=O) groups is 2. The van der Waals surface area contributed by atoms with Crippen molar-refractivity contribution in [3.8, 4) is 11.4 Å². The van der Waals surface area contributed by atoms with Crippen LogP contribution in [0.5, 0.6) is 0 Å². The number of benzene rings is 2. The van der Waals surface area contributed by atoms with Gasteiger partial charge in [-0.05, 0) is 69.7 Å². The van der Waals surface area contributed by atoms with E-state index in [0.29, 0.717) is 22.9 Å². The number of furan rings is 1. The van der Waals surface area contributed by atoms with E-state index in [1.807, 2.05) is 0 Å². The highest BCUT2D eigenvalue weighted by Crippen LogP contribution is 3.02. The quantitative estimate of drug-likeness (QED) is 0.166. The van der Waals surface area contributed by atoms with Crippen LogP contribution < -0.4 is 15.8 Å². The molecule has 0 spiro atoms. The molecular formula is C32H33ClF5N7O5S. The van der Waals surface area contributed by atoms with Gasteiger partial charge in [-0.2, -0.15) is 9.50 Å². The molecule has 19 heteroatoms. The lowest BCUT2D eigenvalue weighted by Gasteiger charge is -2.40. The van der Waals surface area contributed by atoms with Gasteiger partial charge >= 0.3 is 16.3 Å². The minimum atomic E-state index is -10.0. The Morgan fingerprint density at radius 1 is 1.02 bits per heavy atom. The molecule has 4 heterocycles. The van der Waals surface area contributed by atoms with E-state index in [1.54, 1.807) is 56.9 Å². The lowest BCUT2D eigenvalue weighted by atomic mass is 10.1. The summed E-state index contributed by atoms with van der Waals surface area (Å²) in [7, 11) is -10.0. The molecule has 0 saturated carbocycles. The number of nitrogens with one attached hydrogen (secondary N) is 1. The summed E-state index contributed by atoms with van der Waals surface area (Å²) in [6.45, 7) is 7.47. The molecule has 2 aromatic carbocycles. The molecule has 51 heavy (non-hydrogen) atoms. The monoisotopic (exact) mass is 757 g/mol. The number of halogens is 6. The lowest BCUT2D eigenvalue weighted by molar-refractivity contribution is -0.116. The van der Waals surface area contributed by atoms with Crippen LogP contribution in [0.25, 0.3) is 28.1 Å². The fourth-order valence-corrected chi connectivity index (χ4v) is 6.73. The van der Waals surface area contributed by atoms with E-state index >= 15 is 0 Å². The van der Waals surface area contributed by atoms with Gasteiger partial charge < -0.3 is 28.8 Å². The molecule has 6 rings (SSSR count). The number of ether oxygens (including phenoxy) is 1. The van der Waals surface area contributed by atoms with Gasteiger partial charge in [-0.25, -0.2) is 4.79 Å². The zero-order chi connectivity index (χ0) is 37.2. The average Bonchev–Trinajstić information content (AvgIpc) is 3.69. The van der Waals surface area contributed by atoms with Crippen LogP contribution in [0.1, 0.15) is 33.4 Å². The predicted molar refractivity (Wildman–Crippen MR) is 183 cm³/mol. The minimum absolute atomic E-state index is 0.00668. The van der Waals surface area contributed by atoms with Crippen molar-refractivity contribution in [3.05, 3.63) is 69.8 Å². The standard InChI is InChI=1S/C32H33ClF5N7O5S/c1-5-24-27(42-11-13-43(14-12-42)31(48)50-32(2,3)4)29(47)45-30(40-28(41-45)20-6-9-25-19(16-20)10-15-49-25)44(24)18-26(46)39-23-8-7-21(17-22(23)33)51(34,35,36,37)38/h6-10,15-17H,5,11-14,18H2,1-4H3,(H,39,46). The fraction of sp³-hybridized carbons (Fsp3) is 0.344. The normalized spacial score (nSPS) is 15.6. The maximum atomic E-state index is 14.2. The first-order valence-corrected chi connectivity index (χ1v) is 18.0. The molecule has 1 aliphatic rings. The highest BCUT2D eigenvalue weighted by molar-refractivity contribution is 8.45. The van der Waals surface area contributed by atoms with Crippen LogP contribution >= 0.6 is 21.8 Å². The van der Waals surface area contributed by atoms with E-state index in [2.05, 4.69) is 15.4 Å². The summed E-state index contributed by atoms with van der Waals surface area (Å²) >= 11 is 5.93. The molecule has 1 saturated heterocycles. The maximum absolute atomic E-state index is 14.2. The second kappa shape index (κ2) is 11.9. The fourth-order valence-electron chi connectivity index (χ4n) is 5.77. The van der Waals surface area contributed by atoms with Crippen molar-refractivity contribution >= 4 is 61.9 Å². The second-order valence-corrected chi connectivity index (χ2v) is 15.8. The van der Waals surface area contributed by atoms with Gasteiger partial charge in [0.2, 0.25) is 11.7 Å². The molecule has 0 unspecified atom stereocenters. The summed E-state index contributed by atoms with van der Waals surface area (Å²) in [4.78, 5) is 46.1. The van der Waals surface area contributed by atoms with Crippen LogP contribution in [0, 0.1) is 0 Å². The van der Waals surface area contributed by atoms with E-state index in [1.165, 1.54) is 15.7 Å². The van der Waals surface area contributed by atoms with Crippen molar-refractivity contribution in [2.45, 2.75) is 51.2 Å². The Labute approximate surface area is 292 Å². The van der Waals surface area contributed by atoms with Gasteiger partial charge in [0, 0.05) is 37.1 Å². The van der Waals surface area contributed by atoms with Crippen molar-refractivity contribution < 1.29 is 38.2 Å². The summed E-state index contributed by atoms with van der Waals surface area (Å²) in [6.07, 6.45) is 1.25. The van der Waals surface area contributed by atoms with Crippen LogP contribution in [0.15, 0.2) is 62.8 Å². The lowest BCUT2D eigenvalue weighted by Crippen LogP contribution is -2.51.